The molecule has 0 aromatic heterocycles. The van der Waals surface area contributed by atoms with Crippen LogP contribution in [-0.2, 0) is 17.9 Å². The minimum Gasteiger partial charge on any atom is -0.490 e. The third-order valence-electron chi connectivity index (χ3n) is 8.75. The zero-order valence-electron chi connectivity index (χ0n) is 26.5. The molecule has 2 aromatic carbocycles. The van der Waals surface area contributed by atoms with E-state index in [1.54, 1.807) is 35.8 Å². The van der Waals surface area contributed by atoms with Crippen LogP contribution in [-0.4, -0.2) is 103 Å². The molecule has 10 nitrogen and oxygen atoms in total. The van der Waals surface area contributed by atoms with E-state index in [0.717, 1.165) is 54.8 Å². The number of carbonyl (C=O) groups excluding carboxylic acids is 2. The number of ether oxygens (including phenoxy) is 1. The third-order valence-corrected chi connectivity index (χ3v) is 8.75. The van der Waals surface area contributed by atoms with E-state index in [1.807, 2.05) is 44.3 Å². The van der Waals surface area contributed by atoms with Gasteiger partial charge in [0, 0.05) is 78.6 Å². The molecule has 4 rings (SSSR count). The largest absolute Gasteiger partial charge is 0.490 e. The number of hydrogen-bond acceptors (Lipinski definition) is 5. The molecule has 0 unspecified atom stereocenters. The van der Waals surface area contributed by atoms with Crippen LogP contribution in [0.2, 0.25) is 0 Å². The quantitative estimate of drug-likeness (QED) is 0.468. The highest BCUT2D eigenvalue weighted by Crippen LogP contribution is 2.31. The molecule has 2 aliphatic rings. The Hall–Kier alpha value is -3.79. The molecule has 1 saturated carbocycles. The molecule has 0 radical (unpaired) electrons. The van der Waals surface area contributed by atoms with Crippen molar-refractivity contribution in [2.24, 2.45) is 5.92 Å². The van der Waals surface area contributed by atoms with Gasteiger partial charge in [-0.3, -0.25) is 9.69 Å². The lowest BCUT2D eigenvalue weighted by atomic mass is 9.86. The van der Waals surface area contributed by atoms with E-state index in [0.29, 0.717) is 26.2 Å². The number of urea groups is 1. The number of piperazine rings is 1. The number of amides is 4. The van der Waals surface area contributed by atoms with Gasteiger partial charge in [-0.2, -0.15) is 0 Å². The van der Waals surface area contributed by atoms with Crippen LogP contribution in [0.25, 0.3) is 0 Å². The van der Waals surface area contributed by atoms with Crippen LogP contribution in [0, 0.1) is 12.8 Å². The van der Waals surface area contributed by atoms with Crippen molar-refractivity contribution >= 4 is 23.7 Å². The smallest absolute Gasteiger partial charge is 0.407 e. The first-order chi connectivity index (χ1) is 20.4. The highest BCUT2D eigenvalue weighted by molar-refractivity contribution is 5.94. The van der Waals surface area contributed by atoms with E-state index >= 15 is 0 Å². The molecule has 234 valence electrons. The van der Waals surface area contributed by atoms with E-state index in [4.69, 9.17) is 4.74 Å². The summed E-state index contributed by atoms with van der Waals surface area (Å²) in [5.41, 5.74) is 4.22. The maximum Gasteiger partial charge on any atom is 0.407 e. The lowest BCUT2D eigenvalue weighted by Gasteiger charge is -2.38. The van der Waals surface area contributed by atoms with Gasteiger partial charge >= 0.3 is 12.1 Å². The van der Waals surface area contributed by atoms with Crippen LogP contribution in [0.5, 0.6) is 5.75 Å². The van der Waals surface area contributed by atoms with Crippen LogP contribution in [0.1, 0.15) is 49.3 Å². The van der Waals surface area contributed by atoms with E-state index in [2.05, 4.69) is 24.0 Å². The summed E-state index contributed by atoms with van der Waals surface area (Å²) in [5.74, 6) is 0.901. The molecule has 10 heteroatoms. The summed E-state index contributed by atoms with van der Waals surface area (Å²) in [6.45, 7) is 7.23. The SMILES string of the molecule is Cc1cc(N(C)C(=O)[C@H]2CC[C@H](Oc3cccc(CN(C)C(=O)N(C)C)c3)CC2)ccc1CN1CCN(C(=O)O)[C@@H](C)C1. The van der Waals surface area contributed by atoms with Crippen LogP contribution in [0.3, 0.4) is 0 Å². The Bertz CT molecular complexity index is 1290. The van der Waals surface area contributed by atoms with Gasteiger partial charge in [-0.25, -0.2) is 9.59 Å². The Balaban J connectivity index is 1.27. The molecule has 0 bridgehead atoms. The fourth-order valence-corrected chi connectivity index (χ4v) is 6.19. The Labute approximate surface area is 255 Å². The van der Waals surface area contributed by atoms with Crippen LogP contribution >= 0.6 is 0 Å². The topological polar surface area (TPSA) is 96.9 Å². The summed E-state index contributed by atoms with van der Waals surface area (Å²) in [6, 6.07) is 14.0. The summed E-state index contributed by atoms with van der Waals surface area (Å²) in [4.78, 5) is 45.8. The van der Waals surface area contributed by atoms with Crippen LogP contribution < -0.4 is 9.64 Å². The molecule has 1 aliphatic heterocycles. The van der Waals surface area contributed by atoms with Gasteiger partial charge in [0.05, 0.1) is 6.10 Å². The normalized spacial score (nSPS) is 20.8. The maximum absolute atomic E-state index is 13.4. The number of anilines is 1. The van der Waals surface area contributed by atoms with Crippen LogP contribution in [0.15, 0.2) is 42.5 Å². The van der Waals surface area contributed by atoms with Gasteiger partial charge in [0.25, 0.3) is 0 Å². The Morgan fingerprint density at radius 1 is 0.977 bits per heavy atom. The summed E-state index contributed by atoms with van der Waals surface area (Å²) in [7, 11) is 7.13. The second kappa shape index (κ2) is 14.1. The van der Waals surface area contributed by atoms with Gasteiger partial charge in [0.2, 0.25) is 5.91 Å². The minimum atomic E-state index is -0.856. The zero-order valence-corrected chi connectivity index (χ0v) is 26.5. The predicted octanol–water partition coefficient (Wildman–Crippen LogP) is 4.89. The van der Waals surface area contributed by atoms with Crippen molar-refractivity contribution in [1.29, 1.82) is 0 Å². The number of benzene rings is 2. The predicted molar refractivity (Wildman–Crippen MR) is 167 cm³/mol. The molecule has 1 aliphatic carbocycles. The first-order valence-corrected chi connectivity index (χ1v) is 15.2. The molecule has 0 spiro atoms. The lowest BCUT2D eigenvalue weighted by molar-refractivity contribution is -0.123. The first kappa shape index (κ1) is 32.1. The fourth-order valence-electron chi connectivity index (χ4n) is 6.19. The molecule has 1 saturated heterocycles. The number of rotatable bonds is 8. The maximum atomic E-state index is 13.4. The average Bonchev–Trinajstić information content (AvgIpc) is 2.97. The van der Waals surface area contributed by atoms with Gasteiger partial charge in [-0.15, -0.1) is 0 Å². The molecule has 1 heterocycles. The minimum absolute atomic E-state index is 0.0334. The monoisotopic (exact) mass is 593 g/mol. The summed E-state index contributed by atoms with van der Waals surface area (Å²) in [5, 5.41) is 9.34. The van der Waals surface area contributed by atoms with Crippen molar-refractivity contribution in [3.63, 3.8) is 0 Å². The Morgan fingerprint density at radius 3 is 2.33 bits per heavy atom. The number of hydrogen-bond donors (Lipinski definition) is 1. The molecule has 1 N–H and O–H groups in total. The van der Waals surface area contributed by atoms with E-state index in [1.165, 1.54) is 10.5 Å². The second-order valence-electron chi connectivity index (χ2n) is 12.3. The number of carbonyl (C=O) groups is 3. The number of carboxylic acid groups (broad SMARTS) is 1. The molecule has 1 atom stereocenters. The number of aryl methyl sites for hydroxylation is 1. The van der Waals surface area contributed by atoms with Gasteiger partial charge in [0.1, 0.15) is 5.75 Å². The lowest BCUT2D eigenvalue weighted by Crippen LogP contribution is -2.53. The van der Waals surface area contributed by atoms with Crippen molar-refractivity contribution in [2.75, 3.05) is 52.7 Å². The summed E-state index contributed by atoms with van der Waals surface area (Å²) < 4.78 is 6.30. The van der Waals surface area contributed by atoms with Crippen molar-refractivity contribution in [3.05, 3.63) is 59.2 Å². The van der Waals surface area contributed by atoms with Gasteiger partial charge in [0.15, 0.2) is 0 Å². The van der Waals surface area contributed by atoms with Gasteiger partial charge in [-0.05, 0) is 80.5 Å². The van der Waals surface area contributed by atoms with Crippen molar-refractivity contribution in [3.8, 4) is 5.75 Å². The van der Waals surface area contributed by atoms with Crippen LogP contribution in [0.4, 0.5) is 15.3 Å². The molecule has 2 aromatic rings. The Morgan fingerprint density at radius 2 is 1.70 bits per heavy atom. The standard InChI is InChI=1S/C33H47N5O5/c1-23-18-28(13-10-27(23)22-37-16-17-38(33(41)42)24(2)20-37)36(6)31(39)26-11-14-29(15-12-26)43-30-9-7-8-25(19-30)21-35(5)32(40)34(3)4/h7-10,13,18-19,24,26,29H,11-12,14-17,20-22H2,1-6H3,(H,41,42)/t24-,26-,29-/m0/s1. The van der Waals surface area contributed by atoms with Gasteiger partial charge in [-0.1, -0.05) is 18.2 Å². The highest BCUT2D eigenvalue weighted by Gasteiger charge is 2.30. The van der Waals surface area contributed by atoms with Gasteiger partial charge < -0.3 is 29.4 Å². The molecular formula is C33H47N5O5. The molecule has 2 fully saturated rings. The van der Waals surface area contributed by atoms with Crippen molar-refractivity contribution in [2.45, 2.75) is 64.8 Å². The third kappa shape index (κ3) is 8.19. The second-order valence-corrected chi connectivity index (χ2v) is 12.3. The number of nitrogens with zero attached hydrogens (tertiary/aromatic N) is 5. The first-order valence-electron chi connectivity index (χ1n) is 15.2. The van der Waals surface area contributed by atoms with Crippen molar-refractivity contribution < 1.29 is 24.2 Å². The molecule has 43 heavy (non-hydrogen) atoms. The summed E-state index contributed by atoms with van der Waals surface area (Å²) in [6.07, 6.45) is 2.41. The van der Waals surface area contributed by atoms with E-state index in [9.17, 15) is 19.5 Å². The van der Waals surface area contributed by atoms with E-state index in [-0.39, 0.29) is 30.0 Å². The molecular weight excluding hydrogens is 546 g/mol. The highest BCUT2D eigenvalue weighted by atomic mass is 16.5. The zero-order chi connectivity index (χ0) is 31.3. The average molecular weight is 594 g/mol. The summed E-state index contributed by atoms with van der Waals surface area (Å²) >= 11 is 0. The van der Waals surface area contributed by atoms with E-state index < -0.39 is 6.09 Å². The fraction of sp³-hybridized carbons (Fsp3) is 0.545. The molecule has 4 amide bonds. The Kier molecular flexibility index (Phi) is 10.6. The van der Waals surface area contributed by atoms with Crippen molar-refractivity contribution in [1.82, 2.24) is 19.6 Å².